The standard InChI is InChI=1S/C26H32O8/c1-26(2)33-21-10-6-8-17-13-18(30-4)14-22(31-15-29-3)23(17)25(28)32-20-9-5-7-16(20)11-12-19(27)24(21)34-26/h6,8,11-14,16,20-21,24H,5,7,9-10,15H2,1-4H3/b8-6+,12-11-/t16-,20-,21-,24+/m0/s1. The topological polar surface area (TPSA) is 89.5 Å². The maximum absolute atomic E-state index is 13.4. The Balaban J connectivity index is 1.77. The van der Waals surface area contributed by atoms with Gasteiger partial charge in [-0.15, -0.1) is 0 Å². The molecule has 8 nitrogen and oxygen atoms in total. The lowest BCUT2D eigenvalue weighted by Gasteiger charge is -2.21. The average molecular weight is 473 g/mol. The SMILES string of the molecule is COCOc1cc(OC)cc2c1C(=O)O[C@H]1CCC[C@H]1/C=C\C(=O)[C@H]1OC(C)(C)O[C@H]1C/C=C/2. The van der Waals surface area contributed by atoms with Crippen molar-refractivity contribution in [1.29, 1.82) is 0 Å². The quantitative estimate of drug-likeness (QED) is 0.479. The van der Waals surface area contributed by atoms with Crippen LogP contribution >= 0.6 is 0 Å². The Morgan fingerprint density at radius 3 is 2.65 bits per heavy atom. The molecule has 0 bridgehead atoms. The Labute approximate surface area is 199 Å². The van der Waals surface area contributed by atoms with E-state index in [4.69, 9.17) is 28.4 Å². The molecule has 1 aliphatic carbocycles. The summed E-state index contributed by atoms with van der Waals surface area (Å²) in [6.07, 6.45) is 8.45. The zero-order valence-electron chi connectivity index (χ0n) is 20.1. The summed E-state index contributed by atoms with van der Waals surface area (Å²) in [6.45, 7) is 3.57. The number of ketones is 1. The van der Waals surface area contributed by atoms with Crippen LogP contribution in [0.5, 0.6) is 11.5 Å². The van der Waals surface area contributed by atoms with Crippen molar-refractivity contribution in [3.05, 3.63) is 41.5 Å². The maximum Gasteiger partial charge on any atom is 0.342 e. The van der Waals surface area contributed by atoms with Crippen LogP contribution in [-0.4, -0.2) is 56.9 Å². The van der Waals surface area contributed by atoms with E-state index >= 15 is 0 Å². The molecule has 0 amide bonds. The van der Waals surface area contributed by atoms with Gasteiger partial charge in [0, 0.05) is 19.1 Å². The zero-order chi connectivity index (χ0) is 24.3. The molecular formula is C26H32O8. The minimum absolute atomic E-state index is 0.0302. The Morgan fingerprint density at radius 2 is 1.88 bits per heavy atom. The molecular weight excluding hydrogens is 440 g/mol. The number of benzene rings is 1. The fraction of sp³-hybridized carbons (Fsp3) is 0.538. The summed E-state index contributed by atoms with van der Waals surface area (Å²) >= 11 is 0. The van der Waals surface area contributed by atoms with E-state index in [-0.39, 0.29) is 24.6 Å². The molecule has 4 atom stereocenters. The smallest absolute Gasteiger partial charge is 0.342 e. The van der Waals surface area contributed by atoms with Crippen molar-refractivity contribution < 1.29 is 38.0 Å². The highest BCUT2D eigenvalue weighted by Gasteiger charge is 2.44. The molecule has 0 unspecified atom stereocenters. The molecule has 1 aromatic carbocycles. The lowest BCUT2D eigenvalue weighted by Crippen LogP contribution is -2.30. The largest absolute Gasteiger partial charge is 0.497 e. The second-order valence-corrected chi connectivity index (χ2v) is 9.17. The van der Waals surface area contributed by atoms with Crippen molar-refractivity contribution in [2.75, 3.05) is 21.0 Å². The Hall–Kier alpha value is -2.68. The summed E-state index contributed by atoms with van der Waals surface area (Å²) in [5.74, 6) is -0.697. The number of hydrogen-bond donors (Lipinski definition) is 0. The number of rotatable bonds is 4. The van der Waals surface area contributed by atoms with Gasteiger partial charge in [-0.3, -0.25) is 4.79 Å². The third-order valence-electron chi connectivity index (χ3n) is 6.28. The third-order valence-corrected chi connectivity index (χ3v) is 6.28. The van der Waals surface area contributed by atoms with Crippen molar-refractivity contribution >= 4 is 17.8 Å². The van der Waals surface area contributed by atoms with Crippen molar-refractivity contribution in [3.8, 4) is 11.5 Å². The minimum atomic E-state index is -0.863. The fourth-order valence-electron chi connectivity index (χ4n) is 4.72. The van der Waals surface area contributed by atoms with Crippen LogP contribution in [0.15, 0.2) is 30.4 Å². The minimum Gasteiger partial charge on any atom is -0.497 e. The Morgan fingerprint density at radius 1 is 1.06 bits per heavy atom. The van der Waals surface area contributed by atoms with Crippen molar-refractivity contribution in [1.82, 2.24) is 0 Å². The van der Waals surface area contributed by atoms with E-state index in [9.17, 15) is 9.59 Å². The van der Waals surface area contributed by atoms with Crippen molar-refractivity contribution in [2.24, 2.45) is 5.92 Å². The highest BCUT2D eigenvalue weighted by atomic mass is 16.8. The first-order valence-electron chi connectivity index (χ1n) is 11.6. The summed E-state index contributed by atoms with van der Waals surface area (Å²) in [6, 6.07) is 3.40. The van der Waals surface area contributed by atoms with Gasteiger partial charge < -0.3 is 28.4 Å². The predicted octanol–water partition coefficient (Wildman–Crippen LogP) is 4.07. The van der Waals surface area contributed by atoms with Gasteiger partial charge in [-0.1, -0.05) is 18.2 Å². The molecule has 34 heavy (non-hydrogen) atoms. The van der Waals surface area contributed by atoms with E-state index in [1.165, 1.54) is 7.11 Å². The highest BCUT2D eigenvalue weighted by molar-refractivity contribution is 5.97. The number of carbonyl (C=O) groups is 2. The molecule has 3 aliphatic rings. The van der Waals surface area contributed by atoms with Gasteiger partial charge >= 0.3 is 5.97 Å². The van der Waals surface area contributed by atoms with Crippen LogP contribution < -0.4 is 9.47 Å². The van der Waals surface area contributed by atoms with E-state index in [0.29, 0.717) is 29.0 Å². The van der Waals surface area contributed by atoms with Crippen molar-refractivity contribution in [3.63, 3.8) is 0 Å². The molecule has 1 saturated heterocycles. The summed E-state index contributed by atoms with van der Waals surface area (Å²) < 4.78 is 34.1. The first-order valence-corrected chi connectivity index (χ1v) is 11.6. The lowest BCUT2D eigenvalue weighted by atomic mass is 9.99. The molecule has 2 fully saturated rings. The lowest BCUT2D eigenvalue weighted by molar-refractivity contribution is -0.152. The van der Waals surface area contributed by atoms with Gasteiger partial charge in [0.2, 0.25) is 0 Å². The van der Waals surface area contributed by atoms with Crippen LogP contribution in [-0.2, 0) is 23.7 Å². The zero-order valence-corrected chi connectivity index (χ0v) is 20.1. The van der Waals surface area contributed by atoms with Gasteiger partial charge in [0.25, 0.3) is 0 Å². The molecule has 2 heterocycles. The van der Waals surface area contributed by atoms with Gasteiger partial charge in [0.1, 0.15) is 29.3 Å². The van der Waals surface area contributed by atoms with Crippen LogP contribution in [0.1, 0.15) is 55.5 Å². The van der Waals surface area contributed by atoms with Crippen molar-refractivity contribution in [2.45, 2.75) is 63.6 Å². The molecule has 0 N–H and O–H groups in total. The molecule has 1 aromatic rings. The monoisotopic (exact) mass is 472 g/mol. The predicted molar refractivity (Wildman–Crippen MR) is 124 cm³/mol. The van der Waals surface area contributed by atoms with Gasteiger partial charge in [-0.25, -0.2) is 4.79 Å². The number of methoxy groups -OCH3 is 2. The number of esters is 1. The van der Waals surface area contributed by atoms with Gasteiger partial charge in [0.15, 0.2) is 18.4 Å². The maximum atomic E-state index is 13.4. The second kappa shape index (κ2) is 10.3. The van der Waals surface area contributed by atoms with Crippen LogP contribution in [0.3, 0.4) is 0 Å². The molecule has 184 valence electrons. The molecule has 8 heteroatoms. The number of fused-ring (bicyclic) bond motifs is 3. The molecule has 0 spiro atoms. The third kappa shape index (κ3) is 5.35. The van der Waals surface area contributed by atoms with E-state index in [1.54, 1.807) is 45.2 Å². The molecule has 0 radical (unpaired) electrons. The van der Waals surface area contributed by atoms with E-state index in [0.717, 1.165) is 19.3 Å². The van der Waals surface area contributed by atoms with Crippen LogP contribution in [0.4, 0.5) is 0 Å². The Kier molecular flexibility index (Phi) is 7.40. The number of ether oxygens (including phenoxy) is 6. The first-order chi connectivity index (χ1) is 16.3. The van der Waals surface area contributed by atoms with E-state index in [1.807, 2.05) is 12.2 Å². The van der Waals surface area contributed by atoms with Gasteiger partial charge in [-0.05, 0) is 57.2 Å². The highest BCUT2D eigenvalue weighted by Crippen LogP contribution is 2.36. The number of carbonyl (C=O) groups excluding carboxylic acids is 2. The van der Waals surface area contributed by atoms with Gasteiger partial charge in [-0.2, -0.15) is 0 Å². The van der Waals surface area contributed by atoms with Crippen LogP contribution in [0.25, 0.3) is 6.08 Å². The fourth-order valence-corrected chi connectivity index (χ4v) is 4.72. The molecule has 2 aliphatic heterocycles. The summed E-state index contributed by atoms with van der Waals surface area (Å²) in [4.78, 5) is 26.3. The average Bonchev–Trinajstić information content (AvgIpc) is 3.37. The van der Waals surface area contributed by atoms with Crippen LogP contribution in [0.2, 0.25) is 0 Å². The van der Waals surface area contributed by atoms with E-state index in [2.05, 4.69) is 0 Å². The number of hydrogen-bond acceptors (Lipinski definition) is 8. The molecule has 0 aromatic heterocycles. The summed E-state index contributed by atoms with van der Waals surface area (Å²) in [5.41, 5.74) is 0.885. The second-order valence-electron chi connectivity index (χ2n) is 9.17. The molecule has 1 saturated carbocycles. The van der Waals surface area contributed by atoms with E-state index < -0.39 is 24.0 Å². The Bertz CT molecular complexity index is 979. The normalized spacial score (nSPS) is 30.4. The van der Waals surface area contributed by atoms with Gasteiger partial charge in [0.05, 0.1) is 13.2 Å². The summed E-state index contributed by atoms with van der Waals surface area (Å²) in [5, 5.41) is 0. The summed E-state index contributed by atoms with van der Waals surface area (Å²) in [7, 11) is 3.06. The first kappa shape index (κ1) is 24.4. The molecule has 4 rings (SSSR count). The van der Waals surface area contributed by atoms with Crippen LogP contribution in [0, 0.1) is 5.92 Å².